The van der Waals surface area contributed by atoms with Crippen LogP contribution in [0.25, 0.3) is 0 Å². The Balaban J connectivity index is 2.02. The molecule has 1 aliphatic rings. The van der Waals surface area contributed by atoms with Crippen LogP contribution in [-0.2, 0) is 16.0 Å². The number of halogens is 1. The number of aliphatic hydroxyl groups excluding tert-OH is 2. The number of aryl methyl sites for hydroxylation is 1. The molecule has 7 heteroatoms. The van der Waals surface area contributed by atoms with Crippen molar-refractivity contribution in [3.63, 3.8) is 0 Å². The Bertz CT molecular complexity index is 668. The van der Waals surface area contributed by atoms with Crippen molar-refractivity contribution >= 4 is 11.8 Å². The fourth-order valence-electron chi connectivity index (χ4n) is 3.89. The average Bonchev–Trinajstić information content (AvgIpc) is 3.18. The number of likely N-dealkylation sites (tertiary alicyclic amines) is 1. The van der Waals surface area contributed by atoms with Crippen LogP contribution in [0.5, 0.6) is 0 Å². The third-order valence-corrected chi connectivity index (χ3v) is 5.86. The summed E-state index contributed by atoms with van der Waals surface area (Å²) < 4.78 is 14.4. The summed E-state index contributed by atoms with van der Waals surface area (Å²) in [6, 6.07) is 9.51. The van der Waals surface area contributed by atoms with E-state index in [1.807, 2.05) is 30.3 Å². The van der Waals surface area contributed by atoms with Gasteiger partial charge in [-0.05, 0) is 57.4 Å². The Kier molecular flexibility index (Phi) is 8.59. The maximum Gasteiger partial charge on any atom is 0.254 e. The van der Waals surface area contributed by atoms with Crippen molar-refractivity contribution in [2.24, 2.45) is 11.7 Å². The molecule has 1 aromatic carbocycles. The van der Waals surface area contributed by atoms with E-state index in [4.69, 9.17) is 5.73 Å². The first kappa shape index (κ1) is 23.3. The van der Waals surface area contributed by atoms with Gasteiger partial charge in [0.2, 0.25) is 5.91 Å². The summed E-state index contributed by atoms with van der Waals surface area (Å²) in [6.45, 7) is 1.55. The molecule has 29 heavy (non-hydrogen) atoms. The zero-order valence-electron chi connectivity index (χ0n) is 17.1. The number of hydrogen-bond acceptors (Lipinski definition) is 4. The van der Waals surface area contributed by atoms with Gasteiger partial charge in [-0.1, -0.05) is 30.3 Å². The molecule has 0 radical (unpaired) electrons. The number of benzene rings is 1. The van der Waals surface area contributed by atoms with Gasteiger partial charge in [0.05, 0.1) is 18.8 Å². The van der Waals surface area contributed by atoms with Gasteiger partial charge in [0.25, 0.3) is 5.91 Å². The molecule has 4 N–H and O–H groups in total. The molecule has 0 saturated carbocycles. The molecule has 0 aromatic heterocycles. The maximum atomic E-state index is 14.4. The van der Waals surface area contributed by atoms with Crippen LogP contribution in [0.15, 0.2) is 30.3 Å². The summed E-state index contributed by atoms with van der Waals surface area (Å²) in [4.78, 5) is 26.0. The van der Waals surface area contributed by atoms with Gasteiger partial charge in [0.15, 0.2) is 5.67 Å². The zero-order chi connectivity index (χ0) is 21.4. The minimum absolute atomic E-state index is 0.114. The Hall–Kier alpha value is -1.99. The predicted octanol–water partition coefficient (Wildman–Crippen LogP) is 1.96. The second kappa shape index (κ2) is 10.7. The zero-order valence-corrected chi connectivity index (χ0v) is 17.1. The Morgan fingerprint density at radius 2 is 2.00 bits per heavy atom. The van der Waals surface area contributed by atoms with Crippen LogP contribution in [0.4, 0.5) is 4.39 Å². The van der Waals surface area contributed by atoms with Gasteiger partial charge < -0.3 is 20.8 Å². The van der Waals surface area contributed by atoms with Crippen LogP contribution >= 0.6 is 0 Å². The quantitative estimate of drug-likeness (QED) is 0.521. The number of carbonyl (C=O) groups is 2. The standard InChI is InChI=1S/C22H33FN2O4/c1-22(23,21(24)29)12-11-17(20(28)25-13-5-8-18(25)15-26)14-19(27)10-9-16-6-3-2-4-7-16/h2-4,6-7,17-19,26-27H,5,8-15H2,1H3,(H2,24,29)/t17-,18?,19+,22?/m1/s1. The van der Waals surface area contributed by atoms with Gasteiger partial charge in [-0.3, -0.25) is 9.59 Å². The van der Waals surface area contributed by atoms with Gasteiger partial charge in [0.1, 0.15) is 0 Å². The smallest absolute Gasteiger partial charge is 0.254 e. The largest absolute Gasteiger partial charge is 0.394 e. The molecular weight excluding hydrogens is 375 g/mol. The van der Waals surface area contributed by atoms with Crippen LogP contribution in [0.3, 0.4) is 0 Å². The third-order valence-electron chi connectivity index (χ3n) is 5.86. The Morgan fingerprint density at radius 3 is 2.62 bits per heavy atom. The Morgan fingerprint density at radius 1 is 1.31 bits per heavy atom. The molecule has 1 fully saturated rings. The first-order valence-corrected chi connectivity index (χ1v) is 10.4. The van der Waals surface area contributed by atoms with E-state index in [0.29, 0.717) is 19.4 Å². The number of amides is 2. The molecule has 0 spiro atoms. The van der Waals surface area contributed by atoms with Crippen molar-refractivity contribution < 1.29 is 24.2 Å². The molecule has 1 aromatic rings. The lowest BCUT2D eigenvalue weighted by molar-refractivity contribution is -0.139. The lowest BCUT2D eigenvalue weighted by Crippen LogP contribution is -2.43. The summed E-state index contributed by atoms with van der Waals surface area (Å²) in [6.07, 6.45) is 2.10. The van der Waals surface area contributed by atoms with E-state index in [2.05, 4.69) is 0 Å². The molecule has 0 aliphatic carbocycles. The molecule has 6 nitrogen and oxygen atoms in total. The second-order valence-electron chi connectivity index (χ2n) is 8.22. The summed E-state index contributed by atoms with van der Waals surface area (Å²) in [7, 11) is 0. The molecular formula is C22H33FN2O4. The van der Waals surface area contributed by atoms with Crippen LogP contribution in [0.2, 0.25) is 0 Å². The van der Waals surface area contributed by atoms with E-state index in [9.17, 15) is 24.2 Å². The number of alkyl halides is 1. The number of nitrogens with zero attached hydrogens (tertiary/aromatic N) is 1. The fourth-order valence-corrected chi connectivity index (χ4v) is 3.89. The van der Waals surface area contributed by atoms with Gasteiger partial charge >= 0.3 is 0 Å². The maximum absolute atomic E-state index is 14.4. The minimum atomic E-state index is -2.20. The van der Waals surface area contributed by atoms with E-state index in [-0.39, 0.29) is 37.8 Å². The minimum Gasteiger partial charge on any atom is -0.394 e. The first-order chi connectivity index (χ1) is 13.7. The second-order valence-corrected chi connectivity index (χ2v) is 8.22. The molecule has 2 rings (SSSR count). The Labute approximate surface area is 171 Å². The number of primary amides is 1. The van der Waals surface area contributed by atoms with Crippen LogP contribution < -0.4 is 5.73 Å². The fraction of sp³-hybridized carbons (Fsp3) is 0.636. The predicted molar refractivity (Wildman–Crippen MR) is 109 cm³/mol. The summed E-state index contributed by atoms with van der Waals surface area (Å²) >= 11 is 0. The molecule has 1 heterocycles. The van der Waals surface area contributed by atoms with E-state index < -0.39 is 23.6 Å². The van der Waals surface area contributed by atoms with Crippen molar-refractivity contribution in [1.29, 1.82) is 0 Å². The van der Waals surface area contributed by atoms with E-state index >= 15 is 0 Å². The van der Waals surface area contributed by atoms with Crippen LogP contribution in [0, 0.1) is 5.92 Å². The van der Waals surface area contributed by atoms with E-state index in [1.54, 1.807) is 4.90 Å². The van der Waals surface area contributed by atoms with Crippen LogP contribution in [-0.4, -0.2) is 57.9 Å². The normalized spacial score (nSPS) is 20.8. The van der Waals surface area contributed by atoms with Crippen LogP contribution in [0.1, 0.15) is 51.0 Å². The molecule has 2 amide bonds. The van der Waals surface area contributed by atoms with E-state index in [0.717, 1.165) is 25.3 Å². The molecule has 0 bridgehead atoms. The van der Waals surface area contributed by atoms with Crippen molar-refractivity contribution in [1.82, 2.24) is 4.90 Å². The topological polar surface area (TPSA) is 104 Å². The first-order valence-electron chi connectivity index (χ1n) is 10.4. The molecule has 2 unspecified atom stereocenters. The monoisotopic (exact) mass is 408 g/mol. The molecule has 4 atom stereocenters. The number of carbonyl (C=O) groups excluding carboxylic acids is 2. The third kappa shape index (κ3) is 6.78. The number of rotatable bonds is 11. The summed E-state index contributed by atoms with van der Waals surface area (Å²) in [5, 5.41) is 20.1. The highest BCUT2D eigenvalue weighted by Crippen LogP contribution is 2.28. The highest BCUT2D eigenvalue weighted by Gasteiger charge is 2.37. The molecule has 1 aliphatic heterocycles. The van der Waals surface area contributed by atoms with Crippen molar-refractivity contribution in [2.75, 3.05) is 13.2 Å². The van der Waals surface area contributed by atoms with Gasteiger partial charge in [0, 0.05) is 12.5 Å². The highest BCUT2D eigenvalue weighted by atomic mass is 19.1. The van der Waals surface area contributed by atoms with Crippen molar-refractivity contribution in [3.8, 4) is 0 Å². The lowest BCUT2D eigenvalue weighted by Gasteiger charge is -2.30. The number of aliphatic hydroxyl groups is 2. The molecule has 1 saturated heterocycles. The molecule has 162 valence electrons. The van der Waals surface area contributed by atoms with E-state index in [1.165, 1.54) is 0 Å². The SMILES string of the molecule is CC(F)(CC[C@H](C[C@@H](O)CCc1ccccc1)C(=O)N1CCCC1CO)C(N)=O. The van der Waals surface area contributed by atoms with Gasteiger partial charge in [-0.25, -0.2) is 4.39 Å². The number of nitrogens with two attached hydrogens (primary N) is 1. The average molecular weight is 409 g/mol. The van der Waals surface area contributed by atoms with Crippen molar-refractivity contribution in [3.05, 3.63) is 35.9 Å². The highest BCUT2D eigenvalue weighted by molar-refractivity contribution is 5.83. The summed E-state index contributed by atoms with van der Waals surface area (Å²) in [5.41, 5.74) is 4.02. The van der Waals surface area contributed by atoms with Crippen molar-refractivity contribution in [2.45, 2.75) is 69.7 Å². The lowest BCUT2D eigenvalue weighted by atomic mass is 9.88. The number of hydrogen-bond donors (Lipinski definition) is 3. The van der Waals surface area contributed by atoms with Gasteiger partial charge in [-0.2, -0.15) is 0 Å². The van der Waals surface area contributed by atoms with Gasteiger partial charge in [-0.15, -0.1) is 0 Å². The summed E-state index contributed by atoms with van der Waals surface area (Å²) in [5.74, 6) is -1.87.